The number of amidine groups is 1. The maximum Gasteiger partial charge on any atom is 0.334 e. The number of morpholine rings is 1. The van der Waals surface area contributed by atoms with E-state index in [9.17, 15) is 9.59 Å². The number of benzene rings is 2. The topological polar surface area (TPSA) is 135 Å². The molecule has 6 rings (SSSR count). The lowest BCUT2D eigenvalue weighted by molar-refractivity contribution is 0.0364. The zero-order valence-corrected chi connectivity index (χ0v) is 21.2. The van der Waals surface area contributed by atoms with Gasteiger partial charge in [-0.3, -0.25) is 15.3 Å². The monoisotopic (exact) mass is 514 g/mol. The van der Waals surface area contributed by atoms with Gasteiger partial charge in [0.05, 0.1) is 41.6 Å². The largest absolute Gasteiger partial charge is 0.379 e. The lowest BCUT2D eigenvalue weighted by Gasteiger charge is -2.36. The van der Waals surface area contributed by atoms with Gasteiger partial charge >= 0.3 is 6.03 Å². The number of rotatable bonds is 4. The summed E-state index contributed by atoms with van der Waals surface area (Å²) in [6, 6.07) is 12.9. The number of amides is 2. The Morgan fingerprint density at radius 2 is 1.74 bits per heavy atom. The van der Waals surface area contributed by atoms with Crippen LogP contribution in [0.15, 0.2) is 42.5 Å². The van der Waals surface area contributed by atoms with Gasteiger partial charge in [0.25, 0.3) is 0 Å². The maximum absolute atomic E-state index is 13.9. The number of hydrazine groups is 1. The average Bonchev–Trinajstić information content (AvgIpc) is 3.49. The Kier molecular flexibility index (Phi) is 6.09. The third kappa shape index (κ3) is 4.00. The molecule has 38 heavy (non-hydrogen) atoms. The predicted molar refractivity (Wildman–Crippen MR) is 145 cm³/mol. The van der Waals surface area contributed by atoms with Gasteiger partial charge in [-0.05, 0) is 25.1 Å². The second-order valence-electron chi connectivity index (χ2n) is 9.67. The van der Waals surface area contributed by atoms with Crippen molar-refractivity contribution in [3.05, 3.63) is 53.6 Å². The number of carbonyl (C=O) groups excluding carboxylic acids is 2. The number of nitrogens with zero attached hydrogens (tertiary/aromatic N) is 5. The Morgan fingerprint density at radius 1 is 1.03 bits per heavy atom. The zero-order chi connectivity index (χ0) is 26.4. The van der Waals surface area contributed by atoms with E-state index in [1.165, 1.54) is 5.01 Å². The molecule has 0 saturated carbocycles. The molecule has 4 N–H and O–H groups in total. The fourth-order valence-corrected chi connectivity index (χ4v) is 5.55. The number of urea groups is 1. The zero-order valence-electron chi connectivity index (χ0n) is 21.2. The van der Waals surface area contributed by atoms with Crippen LogP contribution in [0.1, 0.15) is 22.8 Å². The van der Waals surface area contributed by atoms with Crippen LogP contribution in [0.3, 0.4) is 0 Å². The van der Waals surface area contributed by atoms with Gasteiger partial charge in [0.2, 0.25) is 0 Å². The van der Waals surface area contributed by atoms with Crippen molar-refractivity contribution in [2.45, 2.75) is 6.92 Å². The molecule has 0 unspecified atom stereocenters. The summed E-state index contributed by atoms with van der Waals surface area (Å²) in [7, 11) is 0. The van der Waals surface area contributed by atoms with Crippen LogP contribution >= 0.6 is 0 Å². The van der Waals surface area contributed by atoms with Crippen molar-refractivity contribution >= 4 is 29.0 Å². The Labute approximate surface area is 220 Å². The van der Waals surface area contributed by atoms with Crippen molar-refractivity contribution in [2.75, 3.05) is 62.4 Å². The van der Waals surface area contributed by atoms with Gasteiger partial charge in [0, 0.05) is 56.1 Å². The van der Waals surface area contributed by atoms with E-state index < -0.39 is 6.03 Å². The summed E-state index contributed by atoms with van der Waals surface area (Å²) in [5, 5.41) is 18.6. The molecule has 2 aromatic carbocycles. The lowest BCUT2D eigenvalue weighted by Crippen LogP contribution is -2.54. The summed E-state index contributed by atoms with van der Waals surface area (Å²) in [4.78, 5) is 30.8. The molecular weight excluding hydrogens is 484 g/mol. The van der Waals surface area contributed by atoms with Crippen molar-refractivity contribution in [3.63, 3.8) is 0 Å². The van der Waals surface area contributed by atoms with E-state index in [1.54, 1.807) is 6.07 Å². The highest BCUT2D eigenvalue weighted by Crippen LogP contribution is 2.44. The van der Waals surface area contributed by atoms with E-state index in [4.69, 9.17) is 15.9 Å². The molecule has 0 atom stereocenters. The van der Waals surface area contributed by atoms with Crippen LogP contribution in [0.25, 0.3) is 22.5 Å². The number of hydrogen-bond donors (Lipinski definition) is 3. The Bertz CT molecular complexity index is 1400. The molecule has 1 aromatic heterocycles. The summed E-state index contributed by atoms with van der Waals surface area (Å²) >= 11 is 0. The molecule has 3 aromatic rings. The van der Waals surface area contributed by atoms with Crippen LogP contribution in [-0.4, -0.2) is 90.2 Å². The molecule has 2 saturated heterocycles. The van der Waals surface area contributed by atoms with E-state index in [-0.39, 0.29) is 5.78 Å². The number of ketones is 1. The van der Waals surface area contributed by atoms with Gasteiger partial charge in [-0.2, -0.15) is 5.10 Å². The van der Waals surface area contributed by atoms with Crippen LogP contribution in [0.2, 0.25) is 0 Å². The highest BCUT2D eigenvalue weighted by molar-refractivity contribution is 6.27. The van der Waals surface area contributed by atoms with Gasteiger partial charge in [-0.15, -0.1) is 0 Å². The number of fused-ring (bicyclic) bond motifs is 3. The summed E-state index contributed by atoms with van der Waals surface area (Å²) in [6.07, 6.45) is 0. The molecule has 1 aliphatic carbocycles. The van der Waals surface area contributed by atoms with Crippen LogP contribution in [-0.2, 0) is 4.74 Å². The van der Waals surface area contributed by atoms with Crippen LogP contribution in [0, 0.1) is 5.41 Å². The third-order valence-corrected chi connectivity index (χ3v) is 7.50. The molecule has 11 heteroatoms. The summed E-state index contributed by atoms with van der Waals surface area (Å²) in [6.45, 7) is 7.14. The Morgan fingerprint density at radius 3 is 2.39 bits per heavy atom. The molecule has 0 bridgehead atoms. The number of nitrogens with two attached hydrogens (primary N) is 1. The standard InChI is InChI=1S/C27H30N8O3/c1-17(28)32-9-11-33(12-10-32)19-7-5-18(6-8-19)24-23-25(31-30-24)20-3-2-4-21(22(20)26(23)36)35(27(29)37)34-13-15-38-16-14-34/h2-8,28H,9-16H2,1H3,(H2,29,37)(H,30,31). The van der Waals surface area contributed by atoms with Crippen molar-refractivity contribution in [2.24, 2.45) is 5.73 Å². The Hall–Kier alpha value is -4.22. The number of H-pyrrole nitrogens is 1. The molecule has 2 amide bonds. The van der Waals surface area contributed by atoms with E-state index in [0.29, 0.717) is 65.9 Å². The molecule has 2 fully saturated rings. The number of nitrogens with one attached hydrogen (secondary N) is 2. The first-order valence-electron chi connectivity index (χ1n) is 12.8. The van der Waals surface area contributed by atoms with E-state index in [1.807, 2.05) is 36.2 Å². The minimum atomic E-state index is -0.647. The van der Waals surface area contributed by atoms with Gasteiger partial charge in [0.1, 0.15) is 5.69 Å². The van der Waals surface area contributed by atoms with Crippen molar-refractivity contribution < 1.29 is 14.3 Å². The van der Waals surface area contributed by atoms with Crippen molar-refractivity contribution in [1.29, 1.82) is 5.41 Å². The molecular formula is C27H30N8O3. The number of anilines is 2. The van der Waals surface area contributed by atoms with Crippen LogP contribution in [0.5, 0.6) is 0 Å². The number of aromatic amines is 1. The number of primary amides is 1. The number of piperazine rings is 1. The predicted octanol–water partition coefficient (Wildman–Crippen LogP) is 2.54. The number of hydrogen-bond acceptors (Lipinski definition) is 7. The second kappa shape index (κ2) is 9.58. The first-order chi connectivity index (χ1) is 18.4. The number of aromatic nitrogens is 2. The lowest BCUT2D eigenvalue weighted by atomic mass is 10.0. The minimum Gasteiger partial charge on any atom is -0.379 e. The number of ether oxygens (including phenoxy) is 1. The van der Waals surface area contributed by atoms with E-state index in [2.05, 4.69) is 32.1 Å². The fourth-order valence-electron chi connectivity index (χ4n) is 5.55. The third-order valence-electron chi connectivity index (χ3n) is 7.50. The van der Waals surface area contributed by atoms with E-state index >= 15 is 0 Å². The summed E-state index contributed by atoms with van der Waals surface area (Å²) in [5.41, 5.74) is 11.1. The Balaban J connectivity index is 1.29. The molecule has 11 nitrogen and oxygen atoms in total. The molecule has 196 valence electrons. The highest BCUT2D eigenvalue weighted by atomic mass is 16.5. The summed E-state index contributed by atoms with van der Waals surface area (Å²) < 4.78 is 5.43. The van der Waals surface area contributed by atoms with Crippen molar-refractivity contribution in [3.8, 4) is 22.5 Å². The van der Waals surface area contributed by atoms with Crippen LogP contribution < -0.4 is 15.6 Å². The van der Waals surface area contributed by atoms with Crippen molar-refractivity contribution in [1.82, 2.24) is 20.1 Å². The molecule has 3 heterocycles. The van der Waals surface area contributed by atoms with Gasteiger partial charge in [0.15, 0.2) is 5.78 Å². The minimum absolute atomic E-state index is 0.184. The quantitative estimate of drug-likeness (QED) is 0.281. The summed E-state index contributed by atoms with van der Waals surface area (Å²) in [5.74, 6) is 0.418. The first-order valence-corrected chi connectivity index (χ1v) is 12.8. The van der Waals surface area contributed by atoms with E-state index in [0.717, 1.165) is 37.4 Å². The fraction of sp³-hybridized carbons (Fsp3) is 0.333. The first kappa shape index (κ1) is 24.1. The van der Waals surface area contributed by atoms with Gasteiger partial charge in [-0.1, -0.05) is 24.3 Å². The molecule has 0 radical (unpaired) electrons. The number of carbonyl (C=O) groups is 2. The molecule has 3 aliphatic rings. The van der Waals surface area contributed by atoms with Gasteiger partial charge < -0.3 is 20.3 Å². The van der Waals surface area contributed by atoms with Gasteiger partial charge in [-0.25, -0.2) is 14.8 Å². The molecule has 2 aliphatic heterocycles. The maximum atomic E-state index is 13.9. The molecule has 0 spiro atoms. The SMILES string of the molecule is CC(=N)N1CCN(c2ccc(-c3[nH]nc4c3C(=O)c3c-4cccc3N(C(N)=O)N3CCOCC3)cc2)CC1. The average molecular weight is 515 g/mol. The van der Waals surface area contributed by atoms with Crippen LogP contribution in [0.4, 0.5) is 16.2 Å². The normalized spacial score (nSPS) is 17.3. The highest BCUT2D eigenvalue weighted by Gasteiger charge is 2.38. The second-order valence-corrected chi connectivity index (χ2v) is 9.67. The smallest absolute Gasteiger partial charge is 0.334 e.